The number of aryl methyl sites for hydroxylation is 1. The van der Waals surface area contributed by atoms with E-state index in [2.05, 4.69) is 5.10 Å². The van der Waals surface area contributed by atoms with E-state index in [0.29, 0.717) is 13.2 Å². The first-order valence-corrected chi connectivity index (χ1v) is 7.86. The third-order valence-electron chi connectivity index (χ3n) is 3.66. The van der Waals surface area contributed by atoms with Crippen LogP contribution in [0.2, 0.25) is 0 Å². The number of ether oxygens (including phenoxy) is 2. The summed E-state index contributed by atoms with van der Waals surface area (Å²) in [5.41, 5.74) is 7.92. The van der Waals surface area contributed by atoms with Crippen LogP contribution in [0.3, 0.4) is 0 Å². The predicted octanol–water partition coefficient (Wildman–Crippen LogP) is 3.08. The molecule has 1 heterocycles. The fourth-order valence-electron chi connectivity index (χ4n) is 2.38. The van der Waals surface area contributed by atoms with Gasteiger partial charge in [-0.25, -0.2) is 0 Å². The molecule has 0 aliphatic rings. The van der Waals surface area contributed by atoms with E-state index in [1.54, 1.807) is 10.9 Å². The van der Waals surface area contributed by atoms with Crippen molar-refractivity contribution in [2.24, 2.45) is 12.8 Å². The van der Waals surface area contributed by atoms with Crippen molar-refractivity contribution in [3.05, 3.63) is 78.1 Å². The van der Waals surface area contributed by atoms with E-state index in [0.717, 1.165) is 22.6 Å². The van der Waals surface area contributed by atoms with Crippen molar-refractivity contribution in [3.63, 3.8) is 0 Å². The highest BCUT2D eigenvalue weighted by Gasteiger charge is 2.13. The molecular weight excluding hydrogens is 302 g/mol. The molecule has 0 spiro atoms. The lowest BCUT2D eigenvalue weighted by atomic mass is 10.2. The van der Waals surface area contributed by atoms with Crippen LogP contribution in [-0.2, 0) is 13.7 Å². The number of rotatable bonds is 7. The van der Waals surface area contributed by atoms with Crippen LogP contribution in [0.5, 0.6) is 11.5 Å². The molecule has 0 bridgehead atoms. The molecule has 2 N–H and O–H groups in total. The van der Waals surface area contributed by atoms with Crippen LogP contribution in [0.25, 0.3) is 0 Å². The maximum Gasteiger partial charge on any atom is 0.139 e. The zero-order chi connectivity index (χ0) is 16.8. The number of hydrogen-bond acceptors (Lipinski definition) is 4. The number of hydrogen-bond donors (Lipinski definition) is 1. The maximum atomic E-state index is 5.95. The van der Waals surface area contributed by atoms with E-state index in [1.807, 2.05) is 67.8 Å². The Morgan fingerprint density at radius 3 is 2.38 bits per heavy atom. The third kappa shape index (κ3) is 4.14. The summed E-state index contributed by atoms with van der Waals surface area (Å²) in [6.07, 6.45) is 3.47. The second kappa shape index (κ2) is 7.66. The highest BCUT2D eigenvalue weighted by Crippen LogP contribution is 2.24. The lowest BCUT2D eigenvalue weighted by Gasteiger charge is -2.16. The zero-order valence-corrected chi connectivity index (χ0v) is 13.6. The average Bonchev–Trinajstić information content (AvgIpc) is 3.06. The smallest absolute Gasteiger partial charge is 0.139 e. The Balaban J connectivity index is 1.59. The summed E-state index contributed by atoms with van der Waals surface area (Å²) in [5.74, 6) is 1.55. The summed E-state index contributed by atoms with van der Waals surface area (Å²) in [4.78, 5) is 0. The summed E-state index contributed by atoms with van der Waals surface area (Å²) in [6.45, 7) is 0.931. The highest BCUT2D eigenvalue weighted by molar-refractivity contribution is 5.32. The molecule has 1 aromatic heterocycles. The van der Waals surface area contributed by atoms with Crippen LogP contribution in [0, 0.1) is 0 Å². The first kappa shape index (κ1) is 16.1. The van der Waals surface area contributed by atoms with Crippen molar-refractivity contribution in [1.29, 1.82) is 0 Å². The van der Waals surface area contributed by atoms with Crippen molar-refractivity contribution in [1.82, 2.24) is 9.78 Å². The number of nitrogens with two attached hydrogens (primary N) is 1. The first-order valence-electron chi connectivity index (χ1n) is 7.86. The molecule has 0 aliphatic carbocycles. The maximum absolute atomic E-state index is 5.95. The molecule has 0 saturated carbocycles. The van der Waals surface area contributed by atoms with E-state index >= 15 is 0 Å². The largest absolute Gasteiger partial charge is 0.489 e. The van der Waals surface area contributed by atoms with Gasteiger partial charge in [0.1, 0.15) is 24.2 Å². The topological polar surface area (TPSA) is 62.3 Å². The lowest BCUT2D eigenvalue weighted by molar-refractivity contribution is 0.213. The number of nitrogens with zero attached hydrogens (tertiary/aromatic N) is 2. The third-order valence-corrected chi connectivity index (χ3v) is 3.66. The van der Waals surface area contributed by atoms with Gasteiger partial charge in [0, 0.05) is 25.4 Å². The number of aromatic nitrogens is 2. The van der Waals surface area contributed by atoms with Crippen LogP contribution in [-0.4, -0.2) is 16.3 Å². The molecule has 5 nitrogen and oxygen atoms in total. The van der Waals surface area contributed by atoms with Gasteiger partial charge in [-0.3, -0.25) is 4.68 Å². The Bertz CT molecular complexity index is 754. The molecule has 3 aromatic rings. The van der Waals surface area contributed by atoms with E-state index < -0.39 is 0 Å². The van der Waals surface area contributed by atoms with Crippen molar-refractivity contribution >= 4 is 0 Å². The zero-order valence-electron chi connectivity index (χ0n) is 13.6. The SMILES string of the molecule is Cn1cc(C(CN)Oc2ccc(OCc3ccccc3)cc2)cn1. The second-order valence-corrected chi connectivity index (χ2v) is 5.54. The molecule has 1 unspecified atom stereocenters. The van der Waals surface area contributed by atoms with Gasteiger partial charge in [0.25, 0.3) is 0 Å². The van der Waals surface area contributed by atoms with E-state index in [9.17, 15) is 0 Å². The standard InChI is InChI=1S/C19H21N3O2/c1-22-13-16(12-21-22)19(11-20)24-18-9-7-17(8-10-18)23-14-15-5-3-2-4-6-15/h2-10,12-13,19H,11,14,20H2,1H3. The minimum Gasteiger partial charge on any atom is -0.489 e. The molecule has 124 valence electrons. The lowest BCUT2D eigenvalue weighted by Crippen LogP contribution is -2.18. The van der Waals surface area contributed by atoms with Crippen LogP contribution in [0.4, 0.5) is 0 Å². The molecule has 0 radical (unpaired) electrons. The van der Waals surface area contributed by atoms with E-state index in [-0.39, 0.29) is 6.10 Å². The van der Waals surface area contributed by atoms with Gasteiger partial charge in [-0.15, -0.1) is 0 Å². The summed E-state index contributed by atoms with van der Waals surface area (Å²) in [6, 6.07) is 17.6. The second-order valence-electron chi connectivity index (χ2n) is 5.54. The Hall–Kier alpha value is -2.79. The van der Waals surface area contributed by atoms with Gasteiger partial charge in [0.15, 0.2) is 0 Å². The molecule has 0 fully saturated rings. The Morgan fingerprint density at radius 1 is 1.04 bits per heavy atom. The monoisotopic (exact) mass is 323 g/mol. The molecule has 24 heavy (non-hydrogen) atoms. The quantitative estimate of drug-likeness (QED) is 0.726. The average molecular weight is 323 g/mol. The molecule has 0 aliphatic heterocycles. The van der Waals surface area contributed by atoms with Gasteiger partial charge in [0.05, 0.1) is 6.20 Å². The van der Waals surface area contributed by atoms with Gasteiger partial charge in [0.2, 0.25) is 0 Å². The molecule has 5 heteroatoms. The minimum absolute atomic E-state index is 0.213. The summed E-state index contributed by atoms with van der Waals surface area (Å²) in [5, 5.41) is 4.16. The molecular formula is C19H21N3O2. The van der Waals surface area contributed by atoms with Crippen LogP contribution in [0.15, 0.2) is 67.0 Å². The van der Waals surface area contributed by atoms with Gasteiger partial charge < -0.3 is 15.2 Å². The van der Waals surface area contributed by atoms with Gasteiger partial charge in [-0.05, 0) is 29.8 Å². The fourth-order valence-corrected chi connectivity index (χ4v) is 2.38. The summed E-state index contributed by atoms with van der Waals surface area (Å²) in [7, 11) is 1.87. The summed E-state index contributed by atoms with van der Waals surface area (Å²) < 4.78 is 13.5. The highest BCUT2D eigenvalue weighted by atomic mass is 16.5. The van der Waals surface area contributed by atoms with Crippen molar-refractivity contribution in [2.75, 3.05) is 6.54 Å². The molecule has 2 aromatic carbocycles. The first-order chi connectivity index (χ1) is 11.7. The van der Waals surface area contributed by atoms with Gasteiger partial charge in [-0.1, -0.05) is 30.3 Å². The van der Waals surface area contributed by atoms with Crippen molar-refractivity contribution in [2.45, 2.75) is 12.7 Å². The molecule has 3 rings (SSSR count). The van der Waals surface area contributed by atoms with Crippen LogP contribution < -0.4 is 15.2 Å². The fraction of sp³-hybridized carbons (Fsp3) is 0.211. The Morgan fingerprint density at radius 2 is 1.75 bits per heavy atom. The normalized spacial score (nSPS) is 11.9. The molecule has 1 atom stereocenters. The Labute approximate surface area is 141 Å². The van der Waals surface area contributed by atoms with Crippen molar-refractivity contribution in [3.8, 4) is 11.5 Å². The van der Waals surface area contributed by atoms with Gasteiger partial charge in [-0.2, -0.15) is 5.10 Å². The van der Waals surface area contributed by atoms with Crippen LogP contribution in [0.1, 0.15) is 17.2 Å². The van der Waals surface area contributed by atoms with Gasteiger partial charge >= 0.3 is 0 Å². The van der Waals surface area contributed by atoms with Crippen LogP contribution >= 0.6 is 0 Å². The Kier molecular flexibility index (Phi) is 5.13. The van der Waals surface area contributed by atoms with E-state index in [4.69, 9.17) is 15.2 Å². The molecule has 0 saturated heterocycles. The summed E-state index contributed by atoms with van der Waals surface area (Å²) >= 11 is 0. The minimum atomic E-state index is -0.213. The van der Waals surface area contributed by atoms with Crippen molar-refractivity contribution < 1.29 is 9.47 Å². The predicted molar refractivity (Wildman–Crippen MR) is 92.8 cm³/mol. The van der Waals surface area contributed by atoms with E-state index in [1.165, 1.54) is 0 Å². The molecule has 0 amide bonds. The number of benzene rings is 2.